The summed E-state index contributed by atoms with van der Waals surface area (Å²) in [6, 6.07) is 8.05. The Kier molecular flexibility index (Phi) is 4.69. The van der Waals surface area contributed by atoms with Gasteiger partial charge in [0.05, 0.1) is 12.3 Å². The lowest BCUT2D eigenvalue weighted by Gasteiger charge is -2.21. The van der Waals surface area contributed by atoms with Crippen molar-refractivity contribution in [2.75, 3.05) is 6.61 Å². The van der Waals surface area contributed by atoms with Gasteiger partial charge in [0.1, 0.15) is 0 Å². The molecule has 1 amide bonds. The Morgan fingerprint density at radius 3 is 2.64 bits per heavy atom. The second kappa shape index (κ2) is 6.34. The van der Waals surface area contributed by atoms with Gasteiger partial charge in [-0.3, -0.25) is 0 Å². The van der Waals surface area contributed by atoms with E-state index in [2.05, 4.69) is 9.98 Å². The van der Waals surface area contributed by atoms with Crippen LogP contribution in [0, 0.1) is 11.3 Å². The van der Waals surface area contributed by atoms with E-state index in [0.717, 1.165) is 22.2 Å². The van der Waals surface area contributed by atoms with E-state index in [1.54, 1.807) is 0 Å². The predicted molar refractivity (Wildman–Crippen MR) is 90.5 cm³/mol. The van der Waals surface area contributed by atoms with Crippen LogP contribution in [0.5, 0.6) is 0 Å². The summed E-state index contributed by atoms with van der Waals surface area (Å²) in [7, 11) is 0. The Hall–Kier alpha value is -2.10. The molecule has 0 radical (unpaired) electrons. The normalized spacial score (nSPS) is 12.9. The van der Waals surface area contributed by atoms with Crippen molar-refractivity contribution in [2.24, 2.45) is 16.3 Å². The number of H-pyrrole nitrogens is 1. The number of rotatable bonds is 3. The van der Waals surface area contributed by atoms with Crippen molar-refractivity contribution in [1.29, 1.82) is 0 Å². The summed E-state index contributed by atoms with van der Waals surface area (Å²) < 4.78 is 5.19. The summed E-state index contributed by atoms with van der Waals surface area (Å²) in [6.45, 7) is 10.5. The van der Waals surface area contributed by atoms with E-state index < -0.39 is 6.09 Å². The Bertz CT molecular complexity index is 690. The van der Waals surface area contributed by atoms with Crippen molar-refractivity contribution < 1.29 is 9.53 Å². The fourth-order valence-corrected chi connectivity index (χ4v) is 2.23. The average Bonchev–Trinajstić information content (AvgIpc) is 2.88. The lowest BCUT2D eigenvalue weighted by Crippen LogP contribution is -2.23. The fraction of sp³-hybridized carbons (Fsp3) is 0.444. The van der Waals surface area contributed by atoms with Crippen LogP contribution in [0.2, 0.25) is 0 Å². The molecule has 1 aromatic carbocycles. The number of benzene rings is 1. The Labute approximate surface area is 131 Å². The van der Waals surface area contributed by atoms with Crippen molar-refractivity contribution in [1.82, 2.24) is 4.98 Å². The van der Waals surface area contributed by atoms with Gasteiger partial charge in [0.2, 0.25) is 0 Å². The van der Waals surface area contributed by atoms with Crippen molar-refractivity contribution >= 4 is 22.7 Å². The van der Waals surface area contributed by atoms with E-state index in [4.69, 9.17) is 4.74 Å². The summed E-state index contributed by atoms with van der Waals surface area (Å²) in [5, 5.41) is 1.10. The first-order chi connectivity index (χ1) is 10.3. The van der Waals surface area contributed by atoms with Crippen LogP contribution in [0.25, 0.3) is 10.9 Å². The molecule has 0 aliphatic rings. The molecule has 0 fully saturated rings. The first-order valence-electron chi connectivity index (χ1n) is 7.61. The van der Waals surface area contributed by atoms with Crippen LogP contribution < -0.4 is 0 Å². The highest BCUT2D eigenvalue weighted by molar-refractivity contribution is 6.09. The number of hydrogen-bond donors (Lipinski definition) is 1. The third-order valence-electron chi connectivity index (χ3n) is 3.28. The van der Waals surface area contributed by atoms with E-state index in [-0.39, 0.29) is 5.41 Å². The molecule has 2 rings (SSSR count). The van der Waals surface area contributed by atoms with Crippen LogP contribution in [-0.4, -0.2) is 23.4 Å². The minimum absolute atomic E-state index is 0.249. The Morgan fingerprint density at radius 1 is 1.27 bits per heavy atom. The minimum Gasteiger partial charge on any atom is -0.448 e. The van der Waals surface area contributed by atoms with Gasteiger partial charge >= 0.3 is 6.09 Å². The summed E-state index contributed by atoms with van der Waals surface area (Å²) in [5.41, 5.74) is 2.51. The Morgan fingerprint density at radius 2 is 2.00 bits per heavy atom. The molecular formula is C18H24N2O2. The van der Waals surface area contributed by atoms with E-state index in [9.17, 15) is 4.79 Å². The van der Waals surface area contributed by atoms with Crippen molar-refractivity contribution in [3.8, 4) is 0 Å². The molecule has 2 aromatic rings. The second-order valence-electron chi connectivity index (χ2n) is 6.96. The summed E-state index contributed by atoms with van der Waals surface area (Å²) in [5.74, 6) is 0.299. The van der Waals surface area contributed by atoms with Gasteiger partial charge in [-0.25, -0.2) is 4.79 Å². The van der Waals surface area contributed by atoms with Crippen molar-refractivity contribution in [3.63, 3.8) is 0 Å². The van der Waals surface area contributed by atoms with Gasteiger partial charge in [0.25, 0.3) is 0 Å². The molecule has 0 atom stereocenters. The molecule has 1 heterocycles. The highest BCUT2D eigenvalue weighted by atomic mass is 16.5. The van der Waals surface area contributed by atoms with Gasteiger partial charge < -0.3 is 9.72 Å². The summed E-state index contributed by atoms with van der Waals surface area (Å²) in [6.07, 6.45) is 1.38. The fourth-order valence-electron chi connectivity index (χ4n) is 2.23. The van der Waals surface area contributed by atoms with Gasteiger partial charge in [0, 0.05) is 22.5 Å². The highest BCUT2D eigenvalue weighted by Gasteiger charge is 2.23. The van der Waals surface area contributed by atoms with E-state index in [1.807, 2.05) is 65.1 Å². The van der Waals surface area contributed by atoms with E-state index in [1.165, 1.54) is 0 Å². The SMILES string of the molecule is CC(C)COC(=O)N=C(c1ccc2[nH]ccc2c1)C(C)(C)C. The standard InChI is InChI=1S/C18H24N2O2/c1-12(2)11-22-17(21)20-16(18(3,4)5)14-6-7-15-13(10-14)8-9-19-15/h6-10,12,19H,11H2,1-5H3. The van der Waals surface area contributed by atoms with Crippen molar-refractivity contribution in [2.45, 2.75) is 34.6 Å². The molecule has 0 saturated carbocycles. The topological polar surface area (TPSA) is 54.4 Å². The first kappa shape index (κ1) is 16.3. The first-order valence-corrected chi connectivity index (χ1v) is 7.61. The largest absolute Gasteiger partial charge is 0.448 e. The van der Waals surface area contributed by atoms with Gasteiger partial charge in [-0.2, -0.15) is 4.99 Å². The lowest BCUT2D eigenvalue weighted by atomic mass is 9.85. The number of nitrogens with one attached hydrogen (secondary N) is 1. The van der Waals surface area contributed by atoms with Crippen LogP contribution in [0.3, 0.4) is 0 Å². The third kappa shape index (κ3) is 3.97. The Balaban J connectivity index is 2.35. The number of ether oxygens (including phenoxy) is 1. The molecule has 0 aliphatic heterocycles. The maximum atomic E-state index is 12.0. The van der Waals surface area contributed by atoms with E-state index in [0.29, 0.717) is 12.5 Å². The zero-order chi connectivity index (χ0) is 16.3. The number of aromatic nitrogens is 1. The minimum atomic E-state index is -0.521. The zero-order valence-corrected chi connectivity index (χ0v) is 13.9. The molecule has 4 nitrogen and oxygen atoms in total. The van der Waals surface area contributed by atoms with Gasteiger partial charge in [-0.05, 0) is 29.7 Å². The molecule has 4 heteroatoms. The molecule has 0 aliphatic carbocycles. The molecular weight excluding hydrogens is 276 g/mol. The maximum absolute atomic E-state index is 12.0. The quantitative estimate of drug-likeness (QED) is 0.828. The average molecular weight is 300 g/mol. The lowest BCUT2D eigenvalue weighted by molar-refractivity contribution is 0.143. The molecule has 0 unspecified atom stereocenters. The summed E-state index contributed by atoms with van der Waals surface area (Å²) >= 11 is 0. The van der Waals surface area contributed by atoms with Gasteiger partial charge in [-0.1, -0.05) is 40.7 Å². The van der Waals surface area contributed by atoms with E-state index >= 15 is 0 Å². The zero-order valence-electron chi connectivity index (χ0n) is 13.9. The van der Waals surface area contributed by atoms with Crippen LogP contribution in [-0.2, 0) is 4.74 Å². The molecule has 1 N–H and O–H groups in total. The number of fused-ring (bicyclic) bond motifs is 1. The molecule has 0 bridgehead atoms. The highest BCUT2D eigenvalue weighted by Crippen LogP contribution is 2.25. The van der Waals surface area contributed by atoms with Crippen LogP contribution in [0.4, 0.5) is 4.79 Å². The number of aliphatic imine (C=N–C) groups is 1. The molecule has 22 heavy (non-hydrogen) atoms. The third-order valence-corrected chi connectivity index (χ3v) is 3.28. The second-order valence-corrected chi connectivity index (χ2v) is 6.96. The number of hydrogen-bond acceptors (Lipinski definition) is 2. The van der Waals surface area contributed by atoms with Crippen LogP contribution in [0.15, 0.2) is 35.5 Å². The number of aromatic amines is 1. The molecule has 118 valence electrons. The smallest absolute Gasteiger partial charge is 0.433 e. The predicted octanol–water partition coefficient (Wildman–Crippen LogP) is 4.80. The number of carbonyl (C=O) groups is 1. The van der Waals surface area contributed by atoms with Gasteiger partial charge in [0.15, 0.2) is 0 Å². The molecule has 1 aromatic heterocycles. The van der Waals surface area contributed by atoms with Crippen LogP contribution in [0.1, 0.15) is 40.2 Å². The number of nitrogens with zero attached hydrogens (tertiary/aromatic N) is 1. The molecule has 0 saturated heterocycles. The molecule has 0 spiro atoms. The summed E-state index contributed by atoms with van der Waals surface area (Å²) in [4.78, 5) is 19.4. The maximum Gasteiger partial charge on any atom is 0.433 e. The van der Waals surface area contributed by atoms with Crippen LogP contribution >= 0.6 is 0 Å². The monoisotopic (exact) mass is 300 g/mol. The van der Waals surface area contributed by atoms with Gasteiger partial charge in [-0.15, -0.1) is 0 Å². The number of amides is 1. The van der Waals surface area contributed by atoms with Crippen molar-refractivity contribution in [3.05, 3.63) is 36.0 Å². The number of carbonyl (C=O) groups excluding carboxylic acids is 1.